The van der Waals surface area contributed by atoms with Crippen molar-refractivity contribution < 1.29 is 24.2 Å². The highest BCUT2D eigenvalue weighted by atomic mass is 19.1. The lowest BCUT2D eigenvalue weighted by molar-refractivity contribution is -0.0213. The molecule has 3 heterocycles. The van der Waals surface area contributed by atoms with E-state index in [-0.39, 0.29) is 24.2 Å². The van der Waals surface area contributed by atoms with Crippen LogP contribution in [0.25, 0.3) is 0 Å². The van der Waals surface area contributed by atoms with E-state index in [1.807, 2.05) is 12.1 Å². The van der Waals surface area contributed by atoms with Gasteiger partial charge in [0.25, 0.3) is 5.91 Å². The fourth-order valence-corrected chi connectivity index (χ4v) is 4.18. The maximum Gasteiger partial charge on any atom is 0.253 e. The summed E-state index contributed by atoms with van der Waals surface area (Å²) in [6.45, 7) is 2.55. The van der Waals surface area contributed by atoms with Gasteiger partial charge in [0.15, 0.2) is 17.9 Å². The van der Waals surface area contributed by atoms with Gasteiger partial charge in [-0.15, -0.1) is 0 Å². The number of piperidine rings is 1. The molecule has 2 fully saturated rings. The van der Waals surface area contributed by atoms with E-state index in [4.69, 9.17) is 0 Å². The van der Waals surface area contributed by atoms with Gasteiger partial charge in [0.2, 0.25) is 0 Å². The molecule has 1 aromatic heterocycles. The highest BCUT2D eigenvalue weighted by Gasteiger charge is 2.36. The Labute approximate surface area is 173 Å². The van der Waals surface area contributed by atoms with E-state index >= 15 is 0 Å². The third-order valence-corrected chi connectivity index (χ3v) is 6.06. The van der Waals surface area contributed by atoms with Crippen LogP contribution in [0.1, 0.15) is 52.0 Å². The highest BCUT2D eigenvalue weighted by molar-refractivity contribution is 5.96. The van der Waals surface area contributed by atoms with Crippen molar-refractivity contribution in [1.29, 1.82) is 0 Å². The number of likely N-dealkylation sites (tertiary alicyclic amines) is 1. The second-order valence-corrected chi connectivity index (χ2v) is 7.94. The second kappa shape index (κ2) is 8.02. The smallest absolute Gasteiger partial charge is 0.253 e. The molecule has 0 aliphatic carbocycles. The number of rotatable bonds is 4. The Morgan fingerprint density at radius 1 is 1.13 bits per heavy atom. The molecule has 2 aromatic rings. The summed E-state index contributed by atoms with van der Waals surface area (Å²) in [4.78, 5) is 32.0. The molecule has 158 valence electrons. The lowest BCUT2D eigenvalue weighted by Gasteiger charge is -2.38. The fraction of sp³-hybridized carbons (Fsp3) is 0.409. The van der Waals surface area contributed by atoms with Gasteiger partial charge in [0.1, 0.15) is 5.82 Å². The van der Waals surface area contributed by atoms with Crippen LogP contribution in [0.15, 0.2) is 30.5 Å². The number of carbonyl (C=O) groups excluding carboxylic acids is 2. The summed E-state index contributed by atoms with van der Waals surface area (Å²) in [5.74, 6) is -1.31. The topological polar surface area (TPSA) is 94.0 Å². The zero-order valence-corrected chi connectivity index (χ0v) is 16.6. The minimum absolute atomic E-state index is 0.00512. The fourth-order valence-electron chi connectivity index (χ4n) is 4.18. The summed E-state index contributed by atoms with van der Waals surface area (Å²) in [6, 6.07) is 5.92. The van der Waals surface area contributed by atoms with E-state index in [1.54, 1.807) is 6.20 Å². The molecule has 30 heavy (non-hydrogen) atoms. The molecular formula is C22H24FN3O4. The Kier molecular flexibility index (Phi) is 5.42. The summed E-state index contributed by atoms with van der Waals surface area (Å²) in [5, 5.41) is 20.6. The van der Waals surface area contributed by atoms with Crippen LogP contribution in [0.5, 0.6) is 5.75 Å². The third-order valence-electron chi connectivity index (χ3n) is 6.06. The number of anilines is 1. The number of amides is 1. The predicted octanol–water partition coefficient (Wildman–Crippen LogP) is 2.46. The van der Waals surface area contributed by atoms with E-state index in [9.17, 15) is 24.2 Å². The second-order valence-electron chi connectivity index (χ2n) is 7.94. The zero-order chi connectivity index (χ0) is 21.3. The maximum absolute atomic E-state index is 13.8. The first-order valence-corrected chi connectivity index (χ1v) is 10.1. The molecule has 7 nitrogen and oxygen atoms in total. The first-order chi connectivity index (χ1) is 14.4. The van der Waals surface area contributed by atoms with E-state index in [0.29, 0.717) is 19.1 Å². The molecule has 0 radical (unpaired) electrons. The molecule has 1 aromatic carbocycles. The first-order valence-electron chi connectivity index (χ1n) is 10.1. The maximum atomic E-state index is 13.8. The van der Waals surface area contributed by atoms with Gasteiger partial charge in [0, 0.05) is 43.5 Å². The number of aldehydes is 1. The van der Waals surface area contributed by atoms with Gasteiger partial charge < -0.3 is 20.0 Å². The number of pyridine rings is 1. The normalized spacial score (nSPS) is 18.5. The van der Waals surface area contributed by atoms with Crippen molar-refractivity contribution in [3.63, 3.8) is 0 Å². The van der Waals surface area contributed by atoms with E-state index in [0.717, 1.165) is 43.4 Å². The van der Waals surface area contributed by atoms with Crippen LogP contribution in [0.2, 0.25) is 0 Å². The molecule has 1 amide bonds. The third kappa shape index (κ3) is 3.75. The number of nitrogens with zero attached hydrogens (tertiary/aromatic N) is 3. The number of benzene rings is 1. The van der Waals surface area contributed by atoms with Crippen molar-refractivity contribution in [2.45, 2.75) is 31.3 Å². The molecule has 2 aliphatic rings. The van der Waals surface area contributed by atoms with Crippen molar-refractivity contribution in [1.82, 2.24) is 9.88 Å². The quantitative estimate of drug-likeness (QED) is 0.748. The van der Waals surface area contributed by atoms with Crippen LogP contribution in [0, 0.1) is 5.82 Å². The number of aromatic hydroxyl groups is 1. The monoisotopic (exact) mass is 413 g/mol. The molecule has 0 unspecified atom stereocenters. The SMILES string of the molecule is O=Cc1cc(C(=O)N2CCC(O)(c3ccc(N4CCCC4)nc3)CC2)cc(F)c1O. The summed E-state index contributed by atoms with van der Waals surface area (Å²) < 4.78 is 13.8. The minimum atomic E-state index is -1.08. The van der Waals surface area contributed by atoms with Crippen LogP contribution in [0.4, 0.5) is 10.2 Å². The molecule has 8 heteroatoms. The molecule has 0 atom stereocenters. The van der Waals surface area contributed by atoms with E-state index in [1.165, 1.54) is 11.0 Å². The largest absolute Gasteiger partial charge is 0.504 e. The Morgan fingerprint density at radius 2 is 1.83 bits per heavy atom. The van der Waals surface area contributed by atoms with Gasteiger partial charge in [-0.3, -0.25) is 9.59 Å². The Balaban J connectivity index is 1.44. The minimum Gasteiger partial charge on any atom is -0.504 e. The molecular weight excluding hydrogens is 389 g/mol. The molecule has 2 saturated heterocycles. The van der Waals surface area contributed by atoms with Gasteiger partial charge >= 0.3 is 0 Å². The van der Waals surface area contributed by atoms with Crippen molar-refractivity contribution >= 4 is 18.0 Å². The molecule has 0 spiro atoms. The van der Waals surface area contributed by atoms with E-state index < -0.39 is 23.1 Å². The number of hydrogen-bond acceptors (Lipinski definition) is 6. The molecule has 2 aliphatic heterocycles. The number of phenols is 1. The van der Waals surface area contributed by atoms with Crippen molar-refractivity contribution in [3.05, 3.63) is 53.0 Å². The van der Waals surface area contributed by atoms with Crippen molar-refractivity contribution in [2.24, 2.45) is 0 Å². The average molecular weight is 413 g/mol. The van der Waals surface area contributed by atoms with Gasteiger partial charge in [-0.25, -0.2) is 9.37 Å². The Hall–Kier alpha value is -3.00. The van der Waals surface area contributed by atoms with Gasteiger partial charge in [-0.2, -0.15) is 0 Å². The van der Waals surface area contributed by atoms with Crippen LogP contribution in [-0.2, 0) is 5.60 Å². The van der Waals surface area contributed by atoms with E-state index in [2.05, 4.69) is 9.88 Å². The number of hydrogen-bond donors (Lipinski definition) is 2. The average Bonchev–Trinajstić information content (AvgIpc) is 3.31. The van der Waals surface area contributed by atoms with Crippen molar-refractivity contribution in [2.75, 3.05) is 31.1 Å². The number of aromatic nitrogens is 1. The summed E-state index contributed by atoms with van der Waals surface area (Å²) in [7, 11) is 0. The van der Waals surface area contributed by atoms with Crippen LogP contribution >= 0.6 is 0 Å². The van der Waals surface area contributed by atoms with Gasteiger partial charge in [-0.1, -0.05) is 6.07 Å². The number of aliphatic hydroxyl groups is 1. The highest BCUT2D eigenvalue weighted by Crippen LogP contribution is 2.34. The van der Waals surface area contributed by atoms with Gasteiger partial charge in [-0.05, 0) is 43.9 Å². The van der Waals surface area contributed by atoms with Crippen LogP contribution in [0.3, 0.4) is 0 Å². The van der Waals surface area contributed by atoms with Gasteiger partial charge in [0.05, 0.1) is 11.2 Å². The lowest BCUT2D eigenvalue weighted by atomic mass is 9.85. The molecule has 0 bridgehead atoms. The van der Waals surface area contributed by atoms with Crippen LogP contribution < -0.4 is 4.90 Å². The number of phenolic OH excluding ortho intramolecular Hbond substituents is 1. The molecule has 2 N–H and O–H groups in total. The van der Waals surface area contributed by atoms with Crippen molar-refractivity contribution in [3.8, 4) is 5.75 Å². The van der Waals surface area contributed by atoms with Crippen LogP contribution in [-0.4, -0.2) is 58.5 Å². The Morgan fingerprint density at radius 3 is 2.43 bits per heavy atom. The number of halogens is 1. The summed E-state index contributed by atoms with van der Waals surface area (Å²) in [6.07, 6.45) is 4.99. The Bertz CT molecular complexity index is 950. The predicted molar refractivity (Wildman–Crippen MR) is 108 cm³/mol. The summed E-state index contributed by atoms with van der Waals surface area (Å²) in [5.41, 5.74) is -0.636. The standard InChI is InChI=1S/C22H24FN3O4/c23-18-12-15(11-16(14-27)20(18)28)21(29)26-9-5-22(30,6-10-26)17-3-4-19(24-13-17)25-7-1-2-8-25/h3-4,11-14,28,30H,1-2,5-10H2. The zero-order valence-electron chi connectivity index (χ0n) is 16.6. The molecule has 0 saturated carbocycles. The number of carbonyl (C=O) groups is 2. The molecule has 4 rings (SSSR count). The first kappa shape index (κ1) is 20.3. The summed E-state index contributed by atoms with van der Waals surface area (Å²) >= 11 is 0. The lowest BCUT2D eigenvalue weighted by Crippen LogP contribution is -2.45.